The summed E-state index contributed by atoms with van der Waals surface area (Å²) in [6.45, 7) is 6.99. The molecule has 1 aromatic rings. The Morgan fingerprint density at radius 3 is 2.88 bits per heavy atom. The summed E-state index contributed by atoms with van der Waals surface area (Å²) in [6.07, 6.45) is 11.7. The van der Waals surface area contributed by atoms with Crippen molar-refractivity contribution in [3.63, 3.8) is 0 Å². The number of hydrogen-bond donors (Lipinski definition) is 1. The minimum atomic E-state index is 0.787. The lowest BCUT2D eigenvalue weighted by atomic mass is 9.85. The number of aromatic amines is 1. The van der Waals surface area contributed by atoms with Crippen molar-refractivity contribution >= 4 is 6.08 Å². The Morgan fingerprint density at radius 2 is 2.19 bits per heavy atom. The van der Waals surface area contributed by atoms with Crippen LogP contribution in [0.1, 0.15) is 50.4 Å². The van der Waals surface area contributed by atoms with E-state index in [9.17, 15) is 0 Å². The average Bonchev–Trinajstić information content (AvgIpc) is 2.69. The van der Waals surface area contributed by atoms with Gasteiger partial charge in [-0.2, -0.15) is 0 Å². The van der Waals surface area contributed by atoms with Gasteiger partial charge in [-0.15, -0.1) is 0 Å². The van der Waals surface area contributed by atoms with Gasteiger partial charge in [0.2, 0.25) is 0 Å². The predicted molar refractivity (Wildman–Crippen MR) is 70.5 cm³/mol. The maximum Gasteiger partial charge on any atom is 0.0412 e. The normalized spacial score (nSPS) is 16.5. The second-order valence-corrected chi connectivity index (χ2v) is 5.26. The molecule has 1 unspecified atom stereocenters. The molecule has 1 aliphatic carbocycles. The van der Waals surface area contributed by atoms with Crippen molar-refractivity contribution in [3.05, 3.63) is 29.1 Å². The summed E-state index contributed by atoms with van der Waals surface area (Å²) < 4.78 is 0. The highest BCUT2D eigenvalue weighted by molar-refractivity contribution is 5.55. The number of nitrogens with one attached hydrogen (secondary N) is 1. The van der Waals surface area contributed by atoms with Gasteiger partial charge in [0.05, 0.1) is 0 Å². The quantitative estimate of drug-likeness (QED) is 0.778. The minimum absolute atomic E-state index is 0.787. The number of allylic oxidation sites excluding steroid dienone is 1. The van der Waals surface area contributed by atoms with E-state index in [1.165, 1.54) is 31.4 Å². The lowest BCUT2D eigenvalue weighted by Gasteiger charge is -2.19. The zero-order chi connectivity index (χ0) is 11.5. The van der Waals surface area contributed by atoms with Gasteiger partial charge >= 0.3 is 0 Å². The van der Waals surface area contributed by atoms with Crippen molar-refractivity contribution < 1.29 is 0 Å². The van der Waals surface area contributed by atoms with Crippen molar-refractivity contribution in [2.45, 2.75) is 46.5 Å². The summed E-state index contributed by atoms with van der Waals surface area (Å²) in [4.78, 5) is 3.41. The molecule has 0 saturated carbocycles. The third-order valence-electron chi connectivity index (χ3n) is 3.91. The Hall–Kier alpha value is -0.980. The molecule has 1 N–H and O–H groups in total. The molecule has 0 aliphatic heterocycles. The van der Waals surface area contributed by atoms with Crippen LogP contribution in [0, 0.1) is 11.8 Å². The summed E-state index contributed by atoms with van der Waals surface area (Å²) >= 11 is 0. The average molecular weight is 217 g/mol. The van der Waals surface area contributed by atoms with Crippen molar-refractivity contribution in [3.8, 4) is 0 Å². The molecule has 1 heterocycles. The van der Waals surface area contributed by atoms with Crippen LogP contribution in [0.4, 0.5) is 0 Å². The first-order chi connectivity index (χ1) is 7.72. The maximum absolute atomic E-state index is 3.41. The molecule has 2 rings (SSSR count). The first-order valence-corrected chi connectivity index (χ1v) is 6.58. The smallest absolute Gasteiger partial charge is 0.0412 e. The van der Waals surface area contributed by atoms with Gasteiger partial charge in [-0.25, -0.2) is 0 Å². The van der Waals surface area contributed by atoms with E-state index in [-0.39, 0.29) is 0 Å². The molecule has 1 atom stereocenters. The maximum atomic E-state index is 3.41. The lowest BCUT2D eigenvalue weighted by molar-refractivity contribution is 0.370. The zero-order valence-electron chi connectivity index (χ0n) is 10.7. The van der Waals surface area contributed by atoms with Crippen LogP contribution in [0.3, 0.4) is 0 Å². The molecule has 88 valence electrons. The molecule has 0 spiro atoms. The largest absolute Gasteiger partial charge is 0.361 e. The van der Waals surface area contributed by atoms with E-state index in [4.69, 9.17) is 0 Å². The van der Waals surface area contributed by atoms with Gasteiger partial charge in [0, 0.05) is 11.9 Å². The molecule has 16 heavy (non-hydrogen) atoms. The molecule has 1 aliphatic rings. The Balaban J connectivity index is 2.15. The number of fused-ring (bicyclic) bond motifs is 1. The Bertz CT molecular complexity index is 371. The van der Waals surface area contributed by atoms with Crippen LogP contribution < -0.4 is 0 Å². The zero-order valence-corrected chi connectivity index (χ0v) is 10.7. The topological polar surface area (TPSA) is 15.8 Å². The fraction of sp³-hybridized carbons (Fsp3) is 0.600. The van der Waals surface area contributed by atoms with E-state index >= 15 is 0 Å². The summed E-state index contributed by atoms with van der Waals surface area (Å²) in [6, 6.07) is 0. The molecule has 0 aromatic carbocycles. The monoisotopic (exact) mass is 217 g/mol. The van der Waals surface area contributed by atoms with Crippen LogP contribution in [-0.4, -0.2) is 4.98 Å². The van der Waals surface area contributed by atoms with Gasteiger partial charge in [0.15, 0.2) is 0 Å². The predicted octanol–water partition coefficient (Wildman–Crippen LogP) is 4.20. The minimum Gasteiger partial charge on any atom is -0.361 e. The number of aromatic nitrogens is 1. The van der Waals surface area contributed by atoms with E-state index in [2.05, 4.69) is 44.1 Å². The number of rotatable bonds is 4. The molecule has 1 aromatic heterocycles. The van der Waals surface area contributed by atoms with E-state index in [1.807, 2.05) is 0 Å². The van der Waals surface area contributed by atoms with Crippen LogP contribution in [0.25, 0.3) is 6.08 Å². The van der Waals surface area contributed by atoms with Crippen LogP contribution in [0.15, 0.2) is 12.3 Å². The second-order valence-electron chi connectivity index (χ2n) is 5.26. The number of H-pyrrole nitrogens is 1. The third kappa shape index (κ3) is 2.23. The van der Waals surface area contributed by atoms with E-state index in [0.717, 1.165) is 11.8 Å². The third-order valence-corrected chi connectivity index (χ3v) is 3.91. The second kappa shape index (κ2) is 4.90. The molecular weight excluding hydrogens is 194 g/mol. The Morgan fingerprint density at radius 1 is 1.38 bits per heavy atom. The molecule has 0 saturated heterocycles. The fourth-order valence-electron chi connectivity index (χ4n) is 2.70. The first-order valence-electron chi connectivity index (χ1n) is 6.58. The van der Waals surface area contributed by atoms with Gasteiger partial charge < -0.3 is 4.98 Å². The summed E-state index contributed by atoms with van der Waals surface area (Å²) in [5, 5.41) is 0. The van der Waals surface area contributed by atoms with Crippen LogP contribution in [-0.2, 0) is 12.8 Å². The highest BCUT2D eigenvalue weighted by Gasteiger charge is 2.17. The van der Waals surface area contributed by atoms with E-state index in [0.29, 0.717) is 0 Å². The highest BCUT2D eigenvalue weighted by Crippen LogP contribution is 2.27. The SMILES string of the molecule is CCC(Cc1c[nH]c2c1CCC=C2)C(C)C. The Kier molecular flexibility index (Phi) is 3.52. The van der Waals surface area contributed by atoms with Gasteiger partial charge in [0.1, 0.15) is 0 Å². The standard InChI is InChI=1S/C15H23N/c1-4-12(11(2)3)9-13-10-16-15-8-6-5-7-14(13)15/h6,8,10-12,16H,4-5,7,9H2,1-3H3. The molecule has 0 bridgehead atoms. The first kappa shape index (κ1) is 11.5. The molecule has 1 nitrogen and oxygen atoms in total. The Labute approximate surface area is 99.0 Å². The van der Waals surface area contributed by atoms with Gasteiger partial charge in [-0.05, 0) is 48.3 Å². The fourth-order valence-corrected chi connectivity index (χ4v) is 2.70. The van der Waals surface area contributed by atoms with Crippen LogP contribution in [0.5, 0.6) is 0 Å². The van der Waals surface area contributed by atoms with Crippen molar-refractivity contribution in [1.82, 2.24) is 4.98 Å². The van der Waals surface area contributed by atoms with Crippen molar-refractivity contribution in [2.75, 3.05) is 0 Å². The van der Waals surface area contributed by atoms with E-state index < -0.39 is 0 Å². The molecule has 0 radical (unpaired) electrons. The van der Waals surface area contributed by atoms with Gasteiger partial charge in [-0.1, -0.05) is 33.3 Å². The molecule has 0 fully saturated rings. The molecule has 1 heteroatoms. The lowest BCUT2D eigenvalue weighted by Crippen LogP contribution is -2.11. The summed E-state index contributed by atoms with van der Waals surface area (Å²) in [7, 11) is 0. The highest BCUT2D eigenvalue weighted by atomic mass is 14.7. The molecular formula is C15H23N. The molecule has 0 amide bonds. The van der Waals surface area contributed by atoms with Gasteiger partial charge in [0.25, 0.3) is 0 Å². The van der Waals surface area contributed by atoms with Crippen molar-refractivity contribution in [2.24, 2.45) is 11.8 Å². The van der Waals surface area contributed by atoms with Crippen LogP contribution >= 0.6 is 0 Å². The van der Waals surface area contributed by atoms with Crippen LogP contribution in [0.2, 0.25) is 0 Å². The summed E-state index contributed by atoms with van der Waals surface area (Å²) in [5.41, 5.74) is 4.47. The summed E-state index contributed by atoms with van der Waals surface area (Å²) in [5.74, 6) is 1.61. The van der Waals surface area contributed by atoms with Gasteiger partial charge in [-0.3, -0.25) is 0 Å². The number of hydrogen-bond acceptors (Lipinski definition) is 0. The van der Waals surface area contributed by atoms with Crippen molar-refractivity contribution in [1.29, 1.82) is 0 Å². The van der Waals surface area contributed by atoms with E-state index in [1.54, 1.807) is 11.1 Å².